The molecule has 0 aliphatic heterocycles. The number of nitrogens with zero attached hydrogens (tertiary/aromatic N) is 3. The Balaban J connectivity index is 2.87. The van der Waals surface area contributed by atoms with Crippen LogP contribution in [0.15, 0.2) is 17.2 Å². The smallest absolute Gasteiger partial charge is 0.223 e. The lowest BCUT2D eigenvalue weighted by Crippen LogP contribution is -2.16. The highest BCUT2D eigenvalue weighted by molar-refractivity contribution is 7.89. The van der Waals surface area contributed by atoms with E-state index >= 15 is 0 Å². The van der Waals surface area contributed by atoms with E-state index in [9.17, 15) is 8.42 Å². The van der Waals surface area contributed by atoms with E-state index in [0.717, 1.165) is 10.2 Å². The summed E-state index contributed by atoms with van der Waals surface area (Å²) in [4.78, 5) is 3.86. The lowest BCUT2D eigenvalue weighted by molar-refractivity contribution is 0.589. The zero-order chi connectivity index (χ0) is 11.9. The van der Waals surface area contributed by atoms with E-state index in [1.165, 1.54) is 0 Å². The highest BCUT2D eigenvalue weighted by Crippen LogP contribution is 2.20. The third kappa shape index (κ3) is 1.77. The predicted octanol–water partition coefficient (Wildman–Crippen LogP) is 0.593. The first-order chi connectivity index (χ1) is 7.43. The molecule has 2 aromatic heterocycles. The summed E-state index contributed by atoms with van der Waals surface area (Å²) in [6.45, 7) is 1.91. The molecule has 0 spiro atoms. The highest BCUT2D eigenvalue weighted by Gasteiger charge is 2.21. The Labute approximate surface area is 97.1 Å². The molecule has 2 aromatic rings. The summed E-state index contributed by atoms with van der Waals surface area (Å²) in [6.07, 6.45) is 0.676. The fourth-order valence-electron chi connectivity index (χ4n) is 1.35. The number of rotatable bonds is 2. The van der Waals surface area contributed by atoms with Gasteiger partial charge in [0.2, 0.25) is 5.03 Å². The number of aryl methyl sites for hydroxylation is 1. The second-order valence-corrected chi connectivity index (χ2v) is 5.04. The molecule has 0 unspecified atom stereocenters. The number of sulfonamides is 1. The lowest BCUT2D eigenvalue weighted by Gasteiger charge is -2.00. The number of primary sulfonamides is 1. The molecular formula is C8H9ClN4O2S. The molecule has 2 heterocycles. The number of aromatic nitrogens is 3. The van der Waals surface area contributed by atoms with Crippen molar-refractivity contribution in [1.29, 1.82) is 0 Å². The predicted molar refractivity (Wildman–Crippen MR) is 58.7 cm³/mol. The van der Waals surface area contributed by atoms with Crippen molar-refractivity contribution in [2.24, 2.45) is 5.14 Å². The maximum absolute atomic E-state index is 11.3. The minimum Gasteiger partial charge on any atom is -0.223 e. The molecule has 2 N–H and O–H groups in total. The second kappa shape index (κ2) is 3.69. The summed E-state index contributed by atoms with van der Waals surface area (Å²) in [5.41, 5.74) is 1.08. The van der Waals surface area contributed by atoms with Crippen molar-refractivity contribution in [2.45, 2.75) is 18.4 Å². The monoisotopic (exact) mass is 260 g/mol. The van der Waals surface area contributed by atoms with Gasteiger partial charge in [0.1, 0.15) is 0 Å². The van der Waals surface area contributed by atoms with Crippen molar-refractivity contribution >= 4 is 27.3 Å². The standard InChI is InChI=1S/C8H9ClN4O2S/c1-2-5-3-4-6-11-7(9)8(13(6)12-5)16(10,14)15/h3-4H,2H2,1H3,(H2,10,14,15). The SMILES string of the molecule is CCc1ccc2nc(Cl)c(S(N)(=O)=O)n2n1. The third-order valence-corrected chi connectivity index (χ3v) is 3.36. The average Bonchev–Trinajstić information content (AvgIpc) is 2.51. The third-order valence-electron chi connectivity index (χ3n) is 2.08. The van der Waals surface area contributed by atoms with Gasteiger partial charge in [-0.3, -0.25) is 0 Å². The van der Waals surface area contributed by atoms with Crippen LogP contribution >= 0.6 is 11.6 Å². The fraction of sp³-hybridized carbons (Fsp3) is 0.250. The van der Waals surface area contributed by atoms with Crippen LogP contribution in [-0.4, -0.2) is 23.0 Å². The first kappa shape index (κ1) is 11.3. The molecule has 0 saturated heterocycles. The van der Waals surface area contributed by atoms with Crippen LogP contribution in [-0.2, 0) is 16.4 Å². The second-order valence-electron chi connectivity index (χ2n) is 3.20. The molecule has 2 rings (SSSR count). The maximum Gasteiger partial charge on any atom is 0.258 e. The molecule has 0 bridgehead atoms. The Morgan fingerprint density at radius 1 is 1.50 bits per heavy atom. The normalized spacial score (nSPS) is 12.2. The Morgan fingerprint density at radius 3 is 2.75 bits per heavy atom. The van der Waals surface area contributed by atoms with Crippen LogP contribution in [0.4, 0.5) is 0 Å². The van der Waals surface area contributed by atoms with Crippen molar-refractivity contribution in [1.82, 2.24) is 14.6 Å². The van der Waals surface area contributed by atoms with Gasteiger partial charge in [-0.2, -0.15) is 9.61 Å². The molecule has 0 amide bonds. The largest absolute Gasteiger partial charge is 0.258 e. The number of hydrogen-bond acceptors (Lipinski definition) is 4. The van der Waals surface area contributed by atoms with Crippen LogP contribution in [0.2, 0.25) is 5.15 Å². The zero-order valence-electron chi connectivity index (χ0n) is 8.38. The lowest BCUT2D eigenvalue weighted by atomic mass is 10.3. The van der Waals surface area contributed by atoms with Gasteiger partial charge in [-0.05, 0) is 18.6 Å². The van der Waals surface area contributed by atoms with Gasteiger partial charge in [-0.15, -0.1) is 0 Å². The Morgan fingerprint density at radius 2 is 2.19 bits per heavy atom. The van der Waals surface area contributed by atoms with Crippen molar-refractivity contribution in [2.75, 3.05) is 0 Å². The van der Waals surface area contributed by atoms with Crippen LogP contribution in [0.1, 0.15) is 12.6 Å². The van der Waals surface area contributed by atoms with Gasteiger partial charge in [0, 0.05) is 0 Å². The van der Waals surface area contributed by atoms with Gasteiger partial charge in [0.05, 0.1) is 5.69 Å². The maximum atomic E-state index is 11.3. The van der Waals surface area contributed by atoms with E-state index < -0.39 is 10.0 Å². The quantitative estimate of drug-likeness (QED) is 0.856. The van der Waals surface area contributed by atoms with Crippen molar-refractivity contribution in [3.8, 4) is 0 Å². The van der Waals surface area contributed by atoms with Gasteiger partial charge >= 0.3 is 0 Å². The minimum atomic E-state index is -3.94. The Hall–Kier alpha value is -1.18. The summed E-state index contributed by atoms with van der Waals surface area (Å²) in [6, 6.07) is 3.40. The molecule has 8 heteroatoms. The summed E-state index contributed by atoms with van der Waals surface area (Å²) < 4.78 is 23.8. The number of fused-ring (bicyclic) bond motifs is 1. The molecule has 0 fully saturated rings. The Bertz CT molecular complexity index is 649. The van der Waals surface area contributed by atoms with Gasteiger partial charge in [-0.1, -0.05) is 18.5 Å². The number of hydrogen-bond donors (Lipinski definition) is 1. The summed E-state index contributed by atoms with van der Waals surface area (Å²) in [7, 11) is -3.94. The van der Waals surface area contributed by atoms with Crippen LogP contribution in [0.3, 0.4) is 0 Å². The van der Waals surface area contributed by atoms with Crippen LogP contribution < -0.4 is 5.14 Å². The van der Waals surface area contributed by atoms with Crippen molar-refractivity contribution < 1.29 is 8.42 Å². The average molecular weight is 261 g/mol. The fourth-order valence-corrected chi connectivity index (χ4v) is 2.50. The number of nitrogens with two attached hydrogens (primary N) is 1. The Kier molecular flexibility index (Phi) is 2.61. The van der Waals surface area contributed by atoms with Crippen LogP contribution in [0.5, 0.6) is 0 Å². The topological polar surface area (TPSA) is 90.3 Å². The van der Waals surface area contributed by atoms with Gasteiger partial charge in [0.15, 0.2) is 10.8 Å². The molecule has 86 valence electrons. The highest BCUT2D eigenvalue weighted by atomic mass is 35.5. The van der Waals surface area contributed by atoms with Crippen molar-refractivity contribution in [3.63, 3.8) is 0 Å². The first-order valence-corrected chi connectivity index (χ1v) is 6.43. The molecule has 0 aliphatic carbocycles. The number of halogens is 1. The van der Waals surface area contributed by atoms with E-state index in [1.807, 2.05) is 6.92 Å². The van der Waals surface area contributed by atoms with E-state index in [-0.39, 0.29) is 10.2 Å². The summed E-state index contributed by atoms with van der Waals surface area (Å²) >= 11 is 5.72. The first-order valence-electron chi connectivity index (χ1n) is 4.50. The van der Waals surface area contributed by atoms with E-state index in [4.69, 9.17) is 16.7 Å². The molecule has 0 saturated carbocycles. The van der Waals surface area contributed by atoms with E-state index in [1.54, 1.807) is 12.1 Å². The van der Waals surface area contributed by atoms with E-state index in [2.05, 4.69) is 10.1 Å². The zero-order valence-corrected chi connectivity index (χ0v) is 9.96. The molecule has 0 radical (unpaired) electrons. The summed E-state index contributed by atoms with van der Waals surface area (Å²) in [5.74, 6) is 0. The van der Waals surface area contributed by atoms with Crippen molar-refractivity contribution in [3.05, 3.63) is 23.0 Å². The summed E-state index contributed by atoms with van der Waals surface area (Å²) in [5, 5.41) is 8.70. The molecule has 6 nitrogen and oxygen atoms in total. The molecule has 16 heavy (non-hydrogen) atoms. The van der Waals surface area contributed by atoms with Gasteiger partial charge in [-0.25, -0.2) is 18.5 Å². The van der Waals surface area contributed by atoms with E-state index in [0.29, 0.717) is 12.1 Å². The van der Waals surface area contributed by atoms with Gasteiger partial charge < -0.3 is 0 Å². The molecule has 0 aliphatic rings. The number of imidazole rings is 1. The van der Waals surface area contributed by atoms with Crippen LogP contribution in [0.25, 0.3) is 5.65 Å². The van der Waals surface area contributed by atoms with Gasteiger partial charge in [0.25, 0.3) is 10.0 Å². The molecule has 0 aromatic carbocycles. The molecular weight excluding hydrogens is 252 g/mol. The molecule has 0 atom stereocenters. The minimum absolute atomic E-state index is 0.164. The van der Waals surface area contributed by atoms with Crippen LogP contribution in [0, 0.1) is 0 Å².